The van der Waals surface area contributed by atoms with Crippen molar-refractivity contribution in [3.8, 4) is 11.5 Å². The van der Waals surface area contributed by atoms with E-state index in [-0.39, 0.29) is 30.8 Å². The molecule has 2 aromatic rings. The lowest BCUT2D eigenvalue weighted by molar-refractivity contribution is -0.165. The van der Waals surface area contributed by atoms with Crippen LogP contribution in [-0.2, 0) is 22.4 Å². The fraction of sp³-hybridized carbons (Fsp3) is 0.483. The van der Waals surface area contributed by atoms with Gasteiger partial charge in [-0.25, -0.2) is 9.59 Å². The Hall–Kier alpha value is -4.12. The van der Waals surface area contributed by atoms with E-state index in [0.29, 0.717) is 31.5 Å². The smallest absolute Gasteiger partial charge is 0.422 e. The molecular formula is C29H38F3N3O10. The van der Waals surface area contributed by atoms with E-state index in [0.717, 1.165) is 29.8 Å². The number of carbonyl (C=O) groups excluding carboxylic acids is 1. The van der Waals surface area contributed by atoms with Crippen molar-refractivity contribution in [2.24, 2.45) is 5.73 Å². The summed E-state index contributed by atoms with van der Waals surface area (Å²) in [5, 5.41) is 45.0. The van der Waals surface area contributed by atoms with Gasteiger partial charge in [-0.15, -0.1) is 0 Å². The number of nitrogens with zero attached hydrogens (tertiary/aromatic N) is 1. The summed E-state index contributed by atoms with van der Waals surface area (Å²) in [5.41, 5.74) is 9.12. The van der Waals surface area contributed by atoms with Crippen molar-refractivity contribution in [3.63, 3.8) is 0 Å². The number of carboxylic acid groups (broad SMARTS) is 2. The van der Waals surface area contributed by atoms with Crippen molar-refractivity contribution in [2.75, 3.05) is 44.4 Å². The van der Waals surface area contributed by atoms with Crippen LogP contribution in [0.15, 0.2) is 36.4 Å². The Labute approximate surface area is 257 Å². The number of ether oxygens (including phenoxy) is 2. The third kappa shape index (κ3) is 12.1. The molecule has 1 aliphatic heterocycles. The summed E-state index contributed by atoms with van der Waals surface area (Å²) in [6, 6.07) is 10.2. The molecule has 0 radical (unpaired) electrons. The minimum Gasteiger partial charge on any atom is -0.488 e. The van der Waals surface area contributed by atoms with Gasteiger partial charge in [0.1, 0.15) is 6.61 Å². The van der Waals surface area contributed by atoms with Crippen molar-refractivity contribution in [3.05, 3.63) is 53.1 Å². The molecule has 0 aromatic heterocycles. The third-order valence-electron chi connectivity index (χ3n) is 6.51. The van der Waals surface area contributed by atoms with Crippen LogP contribution < -0.4 is 25.4 Å². The number of aliphatic hydroxyl groups excluding tert-OH is 3. The number of amides is 1. The standard InChI is InChI=1S/C25H32F3N3O4.C4H6O6/c1-17(30-8-12-34-21-5-2-3-6-22(21)35-16-25(26,27)28)13-18-14-19-7-10-31(9-4-11-32)23(19)20(15-18)24(29)33;5-1(3(7)8)2(6)4(9)10/h2-3,5-6,14-15,17,30,32H,4,7-13,16H2,1H3,(H2,29,33);1-2,5-6H,(H,7,8)(H,9,10)/t17-;/m1./s1. The van der Waals surface area contributed by atoms with E-state index in [1.165, 1.54) is 6.07 Å². The maximum atomic E-state index is 12.4. The van der Waals surface area contributed by atoms with Crippen molar-refractivity contribution >= 4 is 23.5 Å². The monoisotopic (exact) mass is 645 g/mol. The lowest BCUT2D eigenvalue weighted by atomic mass is 9.98. The minimum absolute atomic E-state index is 0.0445. The Bertz CT molecular complexity index is 1280. The molecule has 3 rings (SSSR count). The summed E-state index contributed by atoms with van der Waals surface area (Å²) in [6.07, 6.45) is -6.85. The van der Waals surface area contributed by atoms with E-state index in [9.17, 15) is 27.6 Å². The molecule has 3 atom stereocenters. The van der Waals surface area contributed by atoms with Crippen LogP contribution in [0.2, 0.25) is 0 Å². The van der Waals surface area contributed by atoms with Crippen molar-refractivity contribution in [2.45, 2.75) is 50.6 Å². The van der Waals surface area contributed by atoms with E-state index >= 15 is 0 Å². The predicted molar refractivity (Wildman–Crippen MR) is 155 cm³/mol. The Morgan fingerprint density at radius 2 is 1.64 bits per heavy atom. The molecule has 0 spiro atoms. The number of nitrogens with two attached hydrogens (primary N) is 1. The van der Waals surface area contributed by atoms with Crippen LogP contribution in [0.25, 0.3) is 0 Å². The number of carboxylic acids is 2. The van der Waals surface area contributed by atoms with Crippen LogP contribution in [0, 0.1) is 0 Å². The van der Waals surface area contributed by atoms with E-state index in [1.807, 2.05) is 13.0 Å². The number of primary amides is 1. The summed E-state index contributed by atoms with van der Waals surface area (Å²) in [7, 11) is 0. The number of aliphatic carboxylic acids is 2. The van der Waals surface area contributed by atoms with Gasteiger partial charge in [0.05, 0.1) is 11.3 Å². The van der Waals surface area contributed by atoms with Gasteiger partial charge in [-0.05, 0) is 55.5 Å². The molecule has 1 amide bonds. The number of halogens is 3. The fourth-order valence-corrected chi connectivity index (χ4v) is 4.49. The molecule has 0 saturated carbocycles. The average molecular weight is 646 g/mol. The van der Waals surface area contributed by atoms with Crippen LogP contribution >= 0.6 is 0 Å². The van der Waals surface area contributed by atoms with E-state index in [4.69, 9.17) is 40.7 Å². The Balaban J connectivity index is 0.000000607. The molecule has 0 bridgehead atoms. The molecule has 13 nitrogen and oxygen atoms in total. The summed E-state index contributed by atoms with van der Waals surface area (Å²) in [6.45, 7) is 2.89. The lowest BCUT2D eigenvalue weighted by Crippen LogP contribution is -2.39. The zero-order valence-corrected chi connectivity index (χ0v) is 24.5. The summed E-state index contributed by atoms with van der Waals surface area (Å²) >= 11 is 0. The van der Waals surface area contributed by atoms with Crippen LogP contribution in [-0.4, -0.2) is 107 Å². The van der Waals surface area contributed by atoms with Gasteiger partial charge in [-0.3, -0.25) is 4.79 Å². The summed E-state index contributed by atoms with van der Waals surface area (Å²) in [5.74, 6) is -3.71. The first-order chi connectivity index (χ1) is 21.1. The number of carbonyl (C=O) groups is 3. The van der Waals surface area contributed by atoms with Crippen LogP contribution in [0.1, 0.15) is 34.8 Å². The zero-order valence-electron chi connectivity index (χ0n) is 24.5. The normalized spacial score (nSPS) is 14.4. The number of para-hydroxylation sites is 2. The number of aliphatic hydroxyl groups is 3. The molecule has 1 heterocycles. The van der Waals surface area contributed by atoms with Gasteiger partial charge in [0.2, 0.25) is 0 Å². The Morgan fingerprint density at radius 1 is 1.04 bits per heavy atom. The molecule has 1 aliphatic rings. The predicted octanol–water partition coefficient (Wildman–Crippen LogP) is 0.949. The third-order valence-corrected chi connectivity index (χ3v) is 6.51. The van der Waals surface area contributed by atoms with Gasteiger partial charge in [0.15, 0.2) is 30.3 Å². The molecule has 2 unspecified atom stereocenters. The van der Waals surface area contributed by atoms with Crippen molar-refractivity contribution in [1.82, 2.24) is 5.32 Å². The SMILES string of the molecule is C[C@H](Cc1cc2c(c(C(N)=O)c1)N(CCCO)CC2)NCCOc1ccccc1OCC(F)(F)F.O=C(O)C(O)C(O)C(=O)O. The van der Waals surface area contributed by atoms with Gasteiger partial charge >= 0.3 is 18.1 Å². The Kier molecular flexibility index (Phi) is 14.3. The van der Waals surface area contributed by atoms with Gasteiger partial charge in [0, 0.05) is 32.3 Å². The second kappa shape index (κ2) is 17.4. The largest absolute Gasteiger partial charge is 0.488 e. The van der Waals surface area contributed by atoms with E-state index in [1.54, 1.807) is 18.2 Å². The topological polar surface area (TPSA) is 212 Å². The van der Waals surface area contributed by atoms with Crippen LogP contribution in [0.3, 0.4) is 0 Å². The number of alkyl halides is 3. The number of anilines is 1. The quantitative estimate of drug-likeness (QED) is 0.127. The maximum Gasteiger partial charge on any atom is 0.422 e. The highest BCUT2D eigenvalue weighted by molar-refractivity contribution is 6.00. The number of fused-ring (bicyclic) bond motifs is 1. The first-order valence-corrected chi connectivity index (χ1v) is 13.9. The van der Waals surface area contributed by atoms with Gasteiger partial charge in [-0.1, -0.05) is 18.2 Å². The number of nitrogens with one attached hydrogen (secondary N) is 1. The number of hydrogen-bond donors (Lipinski definition) is 7. The van der Waals surface area contributed by atoms with E-state index in [2.05, 4.69) is 16.3 Å². The lowest BCUT2D eigenvalue weighted by Gasteiger charge is -2.22. The molecule has 0 saturated heterocycles. The summed E-state index contributed by atoms with van der Waals surface area (Å²) in [4.78, 5) is 33.8. The Morgan fingerprint density at radius 3 is 2.18 bits per heavy atom. The molecule has 8 N–H and O–H groups in total. The number of benzene rings is 2. The van der Waals surface area contributed by atoms with Crippen LogP contribution in [0.5, 0.6) is 11.5 Å². The second-order valence-corrected chi connectivity index (χ2v) is 10.2. The second-order valence-electron chi connectivity index (χ2n) is 10.2. The summed E-state index contributed by atoms with van der Waals surface area (Å²) < 4.78 is 47.8. The molecular weight excluding hydrogens is 607 g/mol. The average Bonchev–Trinajstić information content (AvgIpc) is 3.38. The fourth-order valence-electron chi connectivity index (χ4n) is 4.49. The zero-order chi connectivity index (χ0) is 33.7. The molecule has 0 fully saturated rings. The van der Waals surface area contributed by atoms with Crippen molar-refractivity contribution in [1.29, 1.82) is 0 Å². The van der Waals surface area contributed by atoms with Crippen molar-refractivity contribution < 1.29 is 62.6 Å². The molecule has 250 valence electrons. The number of hydrogen-bond acceptors (Lipinski definition) is 10. The van der Waals surface area contributed by atoms with Crippen LogP contribution in [0.4, 0.5) is 18.9 Å². The molecule has 2 aromatic carbocycles. The highest BCUT2D eigenvalue weighted by Crippen LogP contribution is 2.33. The number of rotatable bonds is 16. The highest BCUT2D eigenvalue weighted by Gasteiger charge is 2.30. The minimum atomic E-state index is -4.42. The molecule has 16 heteroatoms. The maximum absolute atomic E-state index is 12.4. The van der Waals surface area contributed by atoms with E-state index < -0.39 is 42.8 Å². The molecule has 45 heavy (non-hydrogen) atoms. The first-order valence-electron chi connectivity index (χ1n) is 13.9. The molecule has 0 aliphatic carbocycles. The van der Waals surface area contributed by atoms with Gasteiger partial charge in [0.25, 0.3) is 5.91 Å². The first kappa shape index (κ1) is 37.1. The van der Waals surface area contributed by atoms with Gasteiger partial charge in [-0.2, -0.15) is 13.2 Å². The van der Waals surface area contributed by atoms with Gasteiger partial charge < -0.3 is 51.0 Å². The highest BCUT2D eigenvalue weighted by atomic mass is 19.4.